The molecule has 0 fully saturated rings. The molecular weight excluding hydrogens is 200 g/mol. The first kappa shape index (κ1) is 13.4. The van der Waals surface area contributed by atoms with E-state index < -0.39 is 17.9 Å². The molecule has 86 valence electrons. The second kappa shape index (κ2) is 6.80. The Morgan fingerprint density at radius 3 is 2.40 bits per heavy atom. The minimum atomic E-state index is -0.656. The van der Waals surface area contributed by atoms with Gasteiger partial charge in [-0.05, 0) is 13.8 Å². The van der Waals surface area contributed by atoms with Gasteiger partial charge < -0.3 is 15.4 Å². The number of ether oxygens (including phenoxy) is 1. The van der Waals surface area contributed by atoms with E-state index in [-0.39, 0.29) is 19.1 Å². The SMILES string of the molecule is CCOC(=O)CNC(=O)[C@@H](C)NC(C)=O. The summed E-state index contributed by atoms with van der Waals surface area (Å²) >= 11 is 0. The molecule has 0 saturated carbocycles. The smallest absolute Gasteiger partial charge is 0.325 e. The zero-order valence-electron chi connectivity index (χ0n) is 9.12. The lowest BCUT2D eigenvalue weighted by Gasteiger charge is -2.12. The van der Waals surface area contributed by atoms with E-state index in [0.29, 0.717) is 0 Å². The van der Waals surface area contributed by atoms with E-state index in [1.54, 1.807) is 6.92 Å². The number of amides is 2. The Morgan fingerprint density at radius 1 is 1.33 bits per heavy atom. The molecule has 1 atom stereocenters. The van der Waals surface area contributed by atoms with Crippen LogP contribution in [0.3, 0.4) is 0 Å². The summed E-state index contributed by atoms with van der Waals surface area (Å²) in [4.78, 5) is 32.7. The first-order valence-corrected chi connectivity index (χ1v) is 4.67. The molecule has 0 saturated heterocycles. The molecule has 0 aromatic carbocycles. The first-order chi connectivity index (χ1) is 6.97. The lowest BCUT2D eigenvalue weighted by molar-refractivity contribution is -0.143. The van der Waals surface area contributed by atoms with Crippen LogP contribution in [0.1, 0.15) is 20.8 Å². The first-order valence-electron chi connectivity index (χ1n) is 4.67. The third-order valence-electron chi connectivity index (χ3n) is 1.53. The Hall–Kier alpha value is -1.59. The van der Waals surface area contributed by atoms with Crippen molar-refractivity contribution >= 4 is 17.8 Å². The molecule has 2 amide bonds. The van der Waals surface area contributed by atoms with Gasteiger partial charge in [-0.25, -0.2) is 0 Å². The third kappa shape index (κ3) is 6.48. The van der Waals surface area contributed by atoms with Crippen molar-refractivity contribution in [2.24, 2.45) is 0 Å². The quantitative estimate of drug-likeness (QED) is 0.589. The van der Waals surface area contributed by atoms with Crippen molar-refractivity contribution < 1.29 is 19.1 Å². The van der Waals surface area contributed by atoms with Crippen molar-refractivity contribution in [1.29, 1.82) is 0 Å². The fourth-order valence-corrected chi connectivity index (χ4v) is 0.895. The Balaban J connectivity index is 3.82. The summed E-state index contributed by atoms with van der Waals surface area (Å²) in [7, 11) is 0. The summed E-state index contributed by atoms with van der Waals surface area (Å²) in [5, 5.41) is 4.74. The molecule has 6 heteroatoms. The Kier molecular flexibility index (Phi) is 6.08. The van der Waals surface area contributed by atoms with Crippen molar-refractivity contribution in [3.05, 3.63) is 0 Å². The maximum Gasteiger partial charge on any atom is 0.325 e. The number of carbonyl (C=O) groups is 3. The molecule has 0 rings (SSSR count). The van der Waals surface area contributed by atoms with E-state index in [2.05, 4.69) is 15.4 Å². The van der Waals surface area contributed by atoms with Crippen LogP contribution in [0, 0.1) is 0 Å². The topological polar surface area (TPSA) is 84.5 Å². The predicted molar refractivity (Wildman–Crippen MR) is 52.9 cm³/mol. The van der Waals surface area contributed by atoms with Gasteiger partial charge in [-0.2, -0.15) is 0 Å². The van der Waals surface area contributed by atoms with Gasteiger partial charge in [-0.15, -0.1) is 0 Å². The van der Waals surface area contributed by atoms with Gasteiger partial charge in [-0.1, -0.05) is 0 Å². The number of hydrogen-bond acceptors (Lipinski definition) is 4. The summed E-state index contributed by atoms with van der Waals surface area (Å²) in [5.74, 6) is -1.21. The molecule has 2 N–H and O–H groups in total. The highest BCUT2D eigenvalue weighted by atomic mass is 16.5. The van der Waals surface area contributed by atoms with Crippen LogP contribution >= 0.6 is 0 Å². The normalized spacial score (nSPS) is 11.4. The zero-order valence-corrected chi connectivity index (χ0v) is 9.12. The van der Waals surface area contributed by atoms with Crippen molar-refractivity contribution in [1.82, 2.24) is 10.6 Å². The summed E-state index contributed by atoms with van der Waals surface area (Å²) in [6.07, 6.45) is 0. The molecule has 0 heterocycles. The predicted octanol–water partition coefficient (Wildman–Crippen LogP) is -0.810. The van der Waals surface area contributed by atoms with Crippen LogP contribution in [0.2, 0.25) is 0 Å². The fraction of sp³-hybridized carbons (Fsp3) is 0.667. The van der Waals surface area contributed by atoms with Gasteiger partial charge in [-0.3, -0.25) is 14.4 Å². The molecule has 0 unspecified atom stereocenters. The second-order valence-electron chi connectivity index (χ2n) is 2.95. The largest absolute Gasteiger partial charge is 0.465 e. The molecule has 0 aromatic rings. The van der Waals surface area contributed by atoms with E-state index in [1.165, 1.54) is 13.8 Å². The van der Waals surface area contributed by atoms with Gasteiger partial charge in [0.2, 0.25) is 11.8 Å². The molecule has 0 spiro atoms. The van der Waals surface area contributed by atoms with Crippen molar-refractivity contribution in [3.63, 3.8) is 0 Å². The van der Waals surface area contributed by atoms with Crippen molar-refractivity contribution in [3.8, 4) is 0 Å². The van der Waals surface area contributed by atoms with E-state index >= 15 is 0 Å². The molecular formula is C9H16N2O4. The molecule has 0 aliphatic rings. The molecule has 0 aliphatic heterocycles. The third-order valence-corrected chi connectivity index (χ3v) is 1.53. The molecule has 0 aliphatic carbocycles. The molecule has 0 aromatic heterocycles. The highest BCUT2D eigenvalue weighted by Gasteiger charge is 2.14. The average Bonchev–Trinajstić information content (AvgIpc) is 2.13. The molecule has 0 bridgehead atoms. The fourth-order valence-electron chi connectivity index (χ4n) is 0.895. The Labute approximate surface area is 88.4 Å². The molecule has 0 radical (unpaired) electrons. The maximum atomic E-state index is 11.3. The van der Waals surface area contributed by atoms with E-state index in [0.717, 1.165) is 0 Å². The van der Waals surface area contributed by atoms with Gasteiger partial charge in [0.25, 0.3) is 0 Å². The molecule has 6 nitrogen and oxygen atoms in total. The number of carbonyl (C=O) groups excluding carboxylic acids is 3. The van der Waals surface area contributed by atoms with Gasteiger partial charge in [0, 0.05) is 6.92 Å². The van der Waals surface area contributed by atoms with Crippen LogP contribution in [-0.4, -0.2) is 37.0 Å². The lowest BCUT2D eigenvalue weighted by Crippen LogP contribution is -2.45. The monoisotopic (exact) mass is 216 g/mol. The van der Waals surface area contributed by atoms with Crippen molar-refractivity contribution in [2.45, 2.75) is 26.8 Å². The molecule has 15 heavy (non-hydrogen) atoms. The summed E-state index contributed by atoms with van der Waals surface area (Å²) in [5.41, 5.74) is 0. The van der Waals surface area contributed by atoms with Crippen LogP contribution in [0.25, 0.3) is 0 Å². The van der Waals surface area contributed by atoms with Crippen LogP contribution in [-0.2, 0) is 19.1 Å². The van der Waals surface area contributed by atoms with E-state index in [4.69, 9.17) is 0 Å². The highest BCUT2D eigenvalue weighted by molar-refractivity contribution is 5.88. The Bertz CT molecular complexity index is 252. The van der Waals surface area contributed by atoms with Crippen LogP contribution in [0.15, 0.2) is 0 Å². The number of esters is 1. The average molecular weight is 216 g/mol. The number of nitrogens with one attached hydrogen (secondary N) is 2. The standard InChI is InChI=1S/C9H16N2O4/c1-4-15-8(13)5-10-9(14)6(2)11-7(3)12/h6H,4-5H2,1-3H3,(H,10,14)(H,11,12)/t6-/m1/s1. The summed E-state index contributed by atoms with van der Waals surface area (Å²) in [6, 6.07) is -0.656. The number of hydrogen-bond donors (Lipinski definition) is 2. The van der Waals surface area contributed by atoms with Gasteiger partial charge in [0.05, 0.1) is 6.61 Å². The highest BCUT2D eigenvalue weighted by Crippen LogP contribution is 1.82. The lowest BCUT2D eigenvalue weighted by atomic mass is 10.3. The van der Waals surface area contributed by atoms with Crippen LogP contribution in [0.5, 0.6) is 0 Å². The summed E-state index contributed by atoms with van der Waals surface area (Å²) in [6.45, 7) is 4.61. The van der Waals surface area contributed by atoms with Gasteiger partial charge >= 0.3 is 5.97 Å². The van der Waals surface area contributed by atoms with E-state index in [1.807, 2.05) is 0 Å². The van der Waals surface area contributed by atoms with E-state index in [9.17, 15) is 14.4 Å². The van der Waals surface area contributed by atoms with Crippen LogP contribution in [0.4, 0.5) is 0 Å². The van der Waals surface area contributed by atoms with Crippen molar-refractivity contribution in [2.75, 3.05) is 13.2 Å². The van der Waals surface area contributed by atoms with Crippen LogP contribution < -0.4 is 10.6 Å². The second-order valence-corrected chi connectivity index (χ2v) is 2.95. The minimum absolute atomic E-state index is 0.184. The summed E-state index contributed by atoms with van der Waals surface area (Å²) < 4.78 is 4.61. The van der Waals surface area contributed by atoms with Gasteiger partial charge in [0.15, 0.2) is 0 Å². The Morgan fingerprint density at radius 2 is 1.93 bits per heavy atom. The minimum Gasteiger partial charge on any atom is -0.465 e. The number of rotatable bonds is 5. The maximum absolute atomic E-state index is 11.3. The van der Waals surface area contributed by atoms with Gasteiger partial charge in [0.1, 0.15) is 12.6 Å². The zero-order chi connectivity index (χ0) is 11.8.